The summed E-state index contributed by atoms with van der Waals surface area (Å²) in [5.41, 5.74) is 2.52. The number of hydrogen-bond acceptors (Lipinski definition) is 9. The van der Waals surface area contributed by atoms with Crippen molar-refractivity contribution in [3.63, 3.8) is 0 Å². The quantitative estimate of drug-likeness (QED) is 0.400. The molecule has 0 amide bonds. The lowest BCUT2D eigenvalue weighted by Gasteiger charge is -2.33. The molecule has 1 fully saturated rings. The first kappa shape index (κ1) is 22.4. The van der Waals surface area contributed by atoms with Gasteiger partial charge in [-0.3, -0.25) is 0 Å². The Morgan fingerprint density at radius 2 is 1.79 bits per heavy atom. The number of benzene rings is 2. The minimum atomic E-state index is -3.70. The lowest BCUT2D eigenvalue weighted by atomic mass is 10.1. The molecule has 3 heterocycles. The molecule has 1 aliphatic rings. The van der Waals surface area contributed by atoms with Gasteiger partial charge in [-0.2, -0.15) is 8.99 Å². The SMILES string of the molecule is COc1ccc(S(=O)(=O)N2CCN(c3nc(-c4ccccc4)c(C)s3)CC2)cc1-n1cnnn1. The van der Waals surface area contributed by atoms with Gasteiger partial charge in [0.25, 0.3) is 0 Å². The molecule has 0 bridgehead atoms. The van der Waals surface area contributed by atoms with Crippen molar-refractivity contribution in [2.75, 3.05) is 38.2 Å². The van der Waals surface area contributed by atoms with Gasteiger partial charge < -0.3 is 9.64 Å². The van der Waals surface area contributed by atoms with E-state index < -0.39 is 10.0 Å². The number of sulfonamides is 1. The van der Waals surface area contributed by atoms with Gasteiger partial charge in [-0.15, -0.1) is 16.4 Å². The van der Waals surface area contributed by atoms with Gasteiger partial charge in [0.1, 0.15) is 17.8 Å². The molecular weight excluding hydrogens is 474 g/mol. The normalized spacial score (nSPS) is 14.9. The van der Waals surface area contributed by atoms with Crippen molar-refractivity contribution < 1.29 is 13.2 Å². The highest BCUT2D eigenvalue weighted by Gasteiger charge is 2.30. The van der Waals surface area contributed by atoms with Crippen molar-refractivity contribution in [3.8, 4) is 22.7 Å². The van der Waals surface area contributed by atoms with Crippen LogP contribution in [0.1, 0.15) is 4.88 Å². The predicted octanol–water partition coefficient (Wildman–Crippen LogP) is 2.61. The molecule has 0 atom stereocenters. The van der Waals surface area contributed by atoms with Crippen LogP contribution in [-0.2, 0) is 10.0 Å². The maximum atomic E-state index is 13.4. The molecule has 176 valence electrons. The Labute approximate surface area is 201 Å². The summed E-state index contributed by atoms with van der Waals surface area (Å²) in [5.74, 6) is 0.476. The third-order valence-electron chi connectivity index (χ3n) is 5.73. The van der Waals surface area contributed by atoms with E-state index in [0.29, 0.717) is 37.6 Å². The molecule has 5 rings (SSSR count). The molecule has 34 heavy (non-hydrogen) atoms. The van der Waals surface area contributed by atoms with E-state index in [1.165, 1.54) is 28.5 Å². The molecule has 0 aliphatic carbocycles. The molecule has 1 aliphatic heterocycles. The summed E-state index contributed by atoms with van der Waals surface area (Å²) in [5, 5.41) is 12.0. The summed E-state index contributed by atoms with van der Waals surface area (Å²) in [4.78, 5) is 8.31. The zero-order valence-electron chi connectivity index (χ0n) is 18.7. The van der Waals surface area contributed by atoms with Gasteiger partial charge in [0.05, 0.1) is 17.7 Å². The van der Waals surface area contributed by atoms with Crippen LogP contribution in [0, 0.1) is 6.92 Å². The van der Waals surface area contributed by atoms with Gasteiger partial charge in [-0.05, 0) is 35.5 Å². The standard InChI is InChI=1S/C22H23N7O3S2/c1-16-21(17-6-4-3-5-7-17)24-22(33-16)27-10-12-28(13-11-27)34(30,31)18-8-9-20(32-2)19(14-18)29-15-23-25-26-29/h3-9,14-15H,10-13H2,1-2H3. The first-order valence-corrected chi connectivity index (χ1v) is 12.9. The Hall–Kier alpha value is -3.35. The first-order valence-electron chi connectivity index (χ1n) is 10.7. The second-order valence-electron chi connectivity index (χ2n) is 7.75. The van der Waals surface area contributed by atoms with Crippen LogP contribution < -0.4 is 9.64 Å². The van der Waals surface area contributed by atoms with E-state index in [4.69, 9.17) is 9.72 Å². The number of aromatic nitrogens is 5. The van der Waals surface area contributed by atoms with Crippen molar-refractivity contribution in [1.82, 2.24) is 29.5 Å². The Morgan fingerprint density at radius 1 is 1.03 bits per heavy atom. The van der Waals surface area contributed by atoms with Crippen molar-refractivity contribution in [2.45, 2.75) is 11.8 Å². The number of ether oxygens (including phenoxy) is 1. The summed E-state index contributed by atoms with van der Waals surface area (Å²) in [6.45, 7) is 3.94. The van der Waals surface area contributed by atoms with E-state index in [9.17, 15) is 8.42 Å². The largest absolute Gasteiger partial charge is 0.494 e. The summed E-state index contributed by atoms with van der Waals surface area (Å²) >= 11 is 1.64. The molecule has 0 radical (unpaired) electrons. The molecule has 10 nitrogen and oxygen atoms in total. The van der Waals surface area contributed by atoms with E-state index in [-0.39, 0.29) is 4.90 Å². The van der Waals surface area contributed by atoms with Gasteiger partial charge in [0.15, 0.2) is 5.13 Å². The summed E-state index contributed by atoms with van der Waals surface area (Å²) < 4.78 is 35.0. The molecule has 0 spiro atoms. The monoisotopic (exact) mass is 497 g/mol. The van der Waals surface area contributed by atoms with Crippen LogP contribution in [-0.4, -0.2) is 71.2 Å². The fourth-order valence-electron chi connectivity index (χ4n) is 3.93. The molecule has 2 aromatic heterocycles. The van der Waals surface area contributed by atoms with Crippen LogP contribution in [0.5, 0.6) is 5.75 Å². The minimum Gasteiger partial charge on any atom is -0.494 e. The summed E-state index contributed by atoms with van der Waals surface area (Å²) in [6, 6.07) is 14.8. The van der Waals surface area contributed by atoms with Crippen LogP contribution in [0.4, 0.5) is 5.13 Å². The number of methoxy groups -OCH3 is 1. The predicted molar refractivity (Wildman–Crippen MR) is 129 cm³/mol. The molecule has 0 unspecified atom stereocenters. The van der Waals surface area contributed by atoms with Gasteiger partial charge >= 0.3 is 0 Å². The van der Waals surface area contributed by atoms with E-state index in [1.54, 1.807) is 23.5 Å². The van der Waals surface area contributed by atoms with E-state index in [1.807, 2.05) is 18.2 Å². The molecule has 4 aromatic rings. The average molecular weight is 498 g/mol. The zero-order valence-corrected chi connectivity index (χ0v) is 20.3. The first-order chi connectivity index (χ1) is 16.5. The van der Waals surface area contributed by atoms with Gasteiger partial charge in [-0.25, -0.2) is 13.4 Å². The Balaban J connectivity index is 1.34. The van der Waals surface area contributed by atoms with Crippen LogP contribution in [0.3, 0.4) is 0 Å². The number of tetrazole rings is 1. The highest BCUT2D eigenvalue weighted by molar-refractivity contribution is 7.89. The number of nitrogens with zero attached hydrogens (tertiary/aromatic N) is 7. The minimum absolute atomic E-state index is 0.170. The van der Waals surface area contributed by atoms with Crippen molar-refractivity contribution >= 4 is 26.5 Å². The summed E-state index contributed by atoms with van der Waals surface area (Å²) in [7, 11) is -2.19. The number of hydrogen-bond donors (Lipinski definition) is 0. The lowest BCUT2D eigenvalue weighted by Crippen LogP contribution is -2.48. The number of piperazine rings is 1. The number of aryl methyl sites for hydroxylation is 1. The van der Waals surface area contributed by atoms with Gasteiger partial charge in [0.2, 0.25) is 10.0 Å². The van der Waals surface area contributed by atoms with Crippen LogP contribution >= 0.6 is 11.3 Å². The van der Waals surface area contributed by atoms with E-state index in [2.05, 4.69) is 39.5 Å². The maximum absolute atomic E-state index is 13.4. The van der Waals surface area contributed by atoms with E-state index in [0.717, 1.165) is 21.3 Å². The summed E-state index contributed by atoms with van der Waals surface area (Å²) in [6.07, 6.45) is 1.40. The second kappa shape index (κ2) is 9.12. The maximum Gasteiger partial charge on any atom is 0.243 e. The van der Waals surface area contributed by atoms with Crippen molar-refractivity contribution in [2.24, 2.45) is 0 Å². The van der Waals surface area contributed by atoms with E-state index >= 15 is 0 Å². The zero-order chi connectivity index (χ0) is 23.7. The molecule has 1 saturated heterocycles. The molecule has 0 saturated carbocycles. The molecule has 12 heteroatoms. The Morgan fingerprint density at radius 3 is 2.47 bits per heavy atom. The fraction of sp³-hybridized carbons (Fsp3) is 0.273. The smallest absolute Gasteiger partial charge is 0.243 e. The number of anilines is 1. The second-order valence-corrected chi connectivity index (χ2v) is 10.9. The third kappa shape index (κ3) is 4.15. The molecular formula is C22H23N7O3S2. The van der Waals surface area contributed by atoms with Crippen molar-refractivity contribution in [1.29, 1.82) is 0 Å². The Bertz CT molecular complexity index is 1380. The number of rotatable bonds is 6. The third-order valence-corrected chi connectivity index (χ3v) is 8.65. The van der Waals surface area contributed by atoms with Gasteiger partial charge in [-0.1, -0.05) is 30.3 Å². The highest BCUT2D eigenvalue weighted by atomic mass is 32.2. The van der Waals surface area contributed by atoms with Crippen LogP contribution in [0.15, 0.2) is 59.8 Å². The van der Waals surface area contributed by atoms with Crippen molar-refractivity contribution in [3.05, 3.63) is 59.7 Å². The topological polar surface area (TPSA) is 106 Å². The lowest BCUT2D eigenvalue weighted by molar-refractivity contribution is 0.384. The van der Waals surface area contributed by atoms with Crippen LogP contribution in [0.25, 0.3) is 16.9 Å². The van der Waals surface area contributed by atoms with Crippen LogP contribution in [0.2, 0.25) is 0 Å². The highest BCUT2D eigenvalue weighted by Crippen LogP contribution is 2.33. The fourth-order valence-corrected chi connectivity index (χ4v) is 6.36. The number of thiazole rings is 1. The van der Waals surface area contributed by atoms with Gasteiger partial charge in [0, 0.05) is 36.6 Å². The molecule has 0 N–H and O–H groups in total. The Kier molecular flexibility index (Phi) is 6.02. The average Bonchev–Trinajstić information content (AvgIpc) is 3.54. The molecule has 2 aromatic carbocycles.